The first-order valence-electron chi connectivity index (χ1n) is 8.56. The lowest BCUT2D eigenvalue weighted by Gasteiger charge is -2.12. The van der Waals surface area contributed by atoms with Crippen molar-refractivity contribution in [2.45, 2.75) is 26.8 Å². The van der Waals surface area contributed by atoms with Crippen LogP contribution < -0.4 is 15.4 Å². The largest absolute Gasteiger partial charge is 0.504 e. The minimum Gasteiger partial charge on any atom is -0.504 e. The van der Waals surface area contributed by atoms with Crippen molar-refractivity contribution in [3.8, 4) is 11.5 Å². The van der Waals surface area contributed by atoms with Gasteiger partial charge < -0.3 is 20.5 Å². The molecule has 0 saturated carbocycles. The number of nitrogens with zero attached hydrogens (tertiary/aromatic N) is 1. The number of benzene rings is 2. The van der Waals surface area contributed by atoms with E-state index in [1.54, 1.807) is 13.2 Å². The van der Waals surface area contributed by atoms with Crippen LogP contribution in [0.4, 0.5) is 0 Å². The molecule has 0 radical (unpaired) electrons. The highest BCUT2D eigenvalue weighted by molar-refractivity contribution is 14.0. The van der Waals surface area contributed by atoms with E-state index >= 15 is 0 Å². The number of nitrogens with one attached hydrogen (secondary N) is 2. The van der Waals surface area contributed by atoms with E-state index in [0.717, 1.165) is 31.0 Å². The fourth-order valence-corrected chi connectivity index (χ4v) is 2.41. The third kappa shape index (κ3) is 7.11. The number of phenols is 1. The lowest BCUT2D eigenvalue weighted by molar-refractivity contribution is 0.373. The number of aliphatic imine (C=N–C) groups is 1. The maximum Gasteiger partial charge on any atom is 0.191 e. The summed E-state index contributed by atoms with van der Waals surface area (Å²) in [7, 11) is 1.55. The van der Waals surface area contributed by atoms with Crippen molar-refractivity contribution in [3.05, 3.63) is 59.2 Å². The van der Waals surface area contributed by atoms with Gasteiger partial charge in [-0.25, -0.2) is 4.99 Å². The molecule has 2 aromatic rings. The van der Waals surface area contributed by atoms with Gasteiger partial charge in [-0.15, -0.1) is 24.0 Å². The minimum absolute atomic E-state index is 0. The minimum atomic E-state index is 0. The molecule has 2 aromatic carbocycles. The fraction of sp³-hybridized carbons (Fsp3) is 0.350. The van der Waals surface area contributed by atoms with Gasteiger partial charge in [0.05, 0.1) is 13.7 Å². The van der Waals surface area contributed by atoms with E-state index < -0.39 is 0 Å². The van der Waals surface area contributed by atoms with Crippen molar-refractivity contribution in [3.63, 3.8) is 0 Å². The van der Waals surface area contributed by atoms with E-state index in [0.29, 0.717) is 12.3 Å². The van der Waals surface area contributed by atoms with Crippen molar-refractivity contribution in [2.24, 2.45) is 4.99 Å². The zero-order valence-electron chi connectivity index (χ0n) is 15.6. The first-order chi connectivity index (χ1) is 12.1. The zero-order valence-corrected chi connectivity index (χ0v) is 17.9. The Morgan fingerprint density at radius 1 is 1.08 bits per heavy atom. The van der Waals surface area contributed by atoms with Crippen LogP contribution in [0.1, 0.15) is 23.6 Å². The van der Waals surface area contributed by atoms with Gasteiger partial charge in [0.25, 0.3) is 0 Å². The first kappa shape index (κ1) is 22.1. The Labute approximate surface area is 172 Å². The molecule has 0 fully saturated rings. The van der Waals surface area contributed by atoms with Crippen LogP contribution in [0.2, 0.25) is 0 Å². The van der Waals surface area contributed by atoms with Crippen LogP contribution in [0, 0.1) is 6.92 Å². The molecule has 2 rings (SSSR count). The van der Waals surface area contributed by atoms with Gasteiger partial charge in [0.15, 0.2) is 17.5 Å². The summed E-state index contributed by atoms with van der Waals surface area (Å²) in [4.78, 5) is 4.62. The number of phenolic OH excluding ortho intramolecular Hbond substituents is 1. The van der Waals surface area contributed by atoms with Crippen molar-refractivity contribution < 1.29 is 9.84 Å². The monoisotopic (exact) mass is 469 g/mol. The van der Waals surface area contributed by atoms with Gasteiger partial charge in [0.1, 0.15) is 0 Å². The molecule has 0 atom stereocenters. The number of ether oxygens (including phenoxy) is 1. The molecule has 0 bridgehead atoms. The number of aryl methyl sites for hydroxylation is 1. The SMILES string of the molecule is CCNC(=NCc1ccc(C)cc1)NCCc1ccc(O)c(OC)c1.I. The van der Waals surface area contributed by atoms with Crippen LogP contribution in [0.15, 0.2) is 47.5 Å². The highest BCUT2D eigenvalue weighted by atomic mass is 127. The standard InChI is InChI=1S/C20H27N3O2.HI/c1-4-21-20(23-14-17-7-5-15(2)6-8-17)22-12-11-16-9-10-18(24)19(13-16)25-3;/h5-10,13,24H,4,11-12,14H2,1-3H3,(H2,21,22,23);1H. The molecular weight excluding hydrogens is 441 g/mol. The molecule has 0 saturated heterocycles. The predicted molar refractivity (Wildman–Crippen MR) is 118 cm³/mol. The van der Waals surface area contributed by atoms with E-state index in [4.69, 9.17) is 4.74 Å². The Hall–Kier alpha value is -1.96. The van der Waals surface area contributed by atoms with Crippen molar-refractivity contribution in [1.29, 1.82) is 0 Å². The molecule has 0 unspecified atom stereocenters. The fourth-order valence-electron chi connectivity index (χ4n) is 2.41. The molecule has 0 aromatic heterocycles. The second-order valence-electron chi connectivity index (χ2n) is 5.86. The number of hydrogen-bond acceptors (Lipinski definition) is 3. The molecule has 0 aliphatic heterocycles. The summed E-state index contributed by atoms with van der Waals surface area (Å²) >= 11 is 0. The number of methoxy groups -OCH3 is 1. The molecule has 0 amide bonds. The molecule has 6 heteroatoms. The zero-order chi connectivity index (χ0) is 18.1. The third-order valence-corrected chi connectivity index (χ3v) is 3.83. The van der Waals surface area contributed by atoms with E-state index in [1.807, 2.05) is 19.1 Å². The maximum atomic E-state index is 9.64. The van der Waals surface area contributed by atoms with E-state index in [2.05, 4.69) is 46.8 Å². The summed E-state index contributed by atoms with van der Waals surface area (Å²) < 4.78 is 5.14. The smallest absolute Gasteiger partial charge is 0.191 e. The molecule has 0 spiro atoms. The van der Waals surface area contributed by atoms with Crippen molar-refractivity contribution in [1.82, 2.24) is 10.6 Å². The summed E-state index contributed by atoms with van der Waals surface area (Å²) in [6.07, 6.45) is 0.811. The van der Waals surface area contributed by atoms with E-state index in [1.165, 1.54) is 11.1 Å². The number of rotatable bonds is 7. The Morgan fingerprint density at radius 3 is 2.42 bits per heavy atom. The Morgan fingerprint density at radius 2 is 1.77 bits per heavy atom. The summed E-state index contributed by atoms with van der Waals surface area (Å²) in [5, 5.41) is 16.2. The first-order valence-corrected chi connectivity index (χ1v) is 8.56. The van der Waals surface area contributed by atoms with E-state index in [9.17, 15) is 5.11 Å². The molecule has 3 N–H and O–H groups in total. The highest BCUT2D eigenvalue weighted by Crippen LogP contribution is 2.26. The van der Waals surface area contributed by atoms with E-state index in [-0.39, 0.29) is 29.7 Å². The molecule has 26 heavy (non-hydrogen) atoms. The average Bonchev–Trinajstić information content (AvgIpc) is 2.62. The Bertz CT molecular complexity index is 703. The number of halogens is 1. The summed E-state index contributed by atoms with van der Waals surface area (Å²) in [5.41, 5.74) is 3.53. The lowest BCUT2D eigenvalue weighted by Crippen LogP contribution is -2.38. The molecule has 0 aliphatic carbocycles. The van der Waals surface area contributed by atoms with Crippen LogP contribution in [-0.2, 0) is 13.0 Å². The highest BCUT2D eigenvalue weighted by Gasteiger charge is 2.03. The number of hydrogen-bond donors (Lipinski definition) is 3. The van der Waals surface area contributed by atoms with Gasteiger partial charge in [0, 0.05) is 13.1 Å². The summed E-state index contributed by atoms with van der Waals surface area (Å²) in [6.45, 7) is 6.33. The normalized spacial score (nSPS) is 10.8. The Balaban J connectivity index is 0.00000338. The third-order valence-electron chi connectivity index (χ3n) is 3.83. The van der Waals surface area contributed by atoms with Crippen LogP contribution in [-0.4, -0.2) is 31.3 Å². The van der Waals surface area contributed by atoms with Gasteiger partial charge in [0.2, 0.25) is 0 Å². The molecule has 0 aliphatic rings. The molecular formula is C20H28IN3O2. The van der Waals surface area contributed by atoms with Gasteiger partial charge in [-0.1, -0.05) is 35.9 Å². The number of aromatic hydroxyl groups is 1. The average molecular weight is 469 g/mol. The van der Waals surface area contributed by atoms with Crippen LogP contribution in [0.5, 0.6) is 11.5 Å². The second-order valence-corrected chi connectivity index (χ2v) is 5.86. The molecule has 142 valence electrons. The van der Waals surface area contributed by atoms with Gasteiger partial charge in [-0.3, -0.25) is 0 Å². The quantitative estimate of drug-likeness (QED) is 0.329. The summed E-state index contributed by atoms with van der Waals surface area (Å²) in [5.74, 6) is 1.46. The topological polar surface area (TPSA) is 65.9 Å². The number of guanidine groups is 1. The maximum absolute atomic E-state index is 9.64. The lowest BCUT2D eigenvalue weighted by atomic mass is 10.1. The van der Waals surface area contributed by atoms with Crippen LogP contribution in [0.3, 0.4) is 0 Å². The van der Waals surface area contributed by atoms with Crippen molar-refractivity contribution in [2.75, 3.05) is 20.2 Å². The van der Waals surface area contributed by atoms with Crippen LogP contribution in [0.25, 0.3) is 0 Å². The van der Waals surface area contributed by atoms with Crippen LogP contribution >= 0.6 is 24.0 Å². The second kappa shape index (κ2) is 11.6. The molecule has 0 heterocycles. The van der Waals surface area contributed by atoms with Gasteiger partial charge in [-0.2, -0.15) is 0 Å². The molecule has 5 nitrogen and oxygen atoms in total. The predicted octanol–water partition coefficient (Wildman–Crippen LogP) is 3.63. The van der Waals surface area contributed by atoms with Crippen molar-refractivity contribution >= 4 is 29.9 Å². The van der Waals surface area contributed by atoms with Gasteiger partial charge >= 0.3 is 0 Å². The Kier molecular flexibility index (Phi) is 9.87. The summed E-state index contributed by atoms with van der Waals surface area (Å²) in [6, 6.07) is 13.8. The van der Waals surface area contributed by atoms with Gasteiger partial charge in [-0.05, 0) is 43.5 Å².